The second-order valence-electron chi connectivity index (χ2n) is 4.62. The van der Waals surface area contributed by atoms with E-state index >= 15 is 0 Å². The van der Waals surface area contributed by atoms with Crippen LogP contribution >= 0.6 is 0 Å². The van der Waals surface area contributed by atoms with E-state index in [2.05, 4.69) is 5.32 Å². The van der Waals surface area contributed by atoms with Crippen LogP contribution in [0, 0.1) is 11.3 Å². The molecule has 1 amide bonds. The minimum absolute atomic E-state index is 0.0411. The molecule has 5 nitrogen and oxygen atoms in total. The van der Waals surface area contributed by atoms with E-state index in [1.165, 1.54) is 0 Å². The maximum absolute atomic E-state index is 11.8. The summed E-state index contributed by atoms with van der Waals surface area (Å²) in [6.45, 7) is 6.72. The molecular formula is C14H20N4O. The average molecular weight is 260 g/mol. The zero-order chi connectivity index (χ0) is 14.4. The van der Waals surface area contributed by atoms with Gasteiger partial charge in [-0.3, -0.25) is 4.79 Å². The van der Waals surface area contributed by atoms with Crippen molar-refractivity contribution in [2.45, 2.75) is 26.8 Å². The zero-order valence-corrected chi connectivity index (χ0v) is 11.6. The van der Waals surface area contributed by atoms with Gasteiger partial charge in [0.05, 0.1) is 29.6 Å². The first-order valence-electron chi connectivity index (χ1n) is 6.31. The molecule has 0 aliphatic carbocycles. The van der Waals surface area contributed by atoms with E-state index in [-0.39, 0.29) is 18.5 Å². The molecule has 0 aliphatic heterocycles. The SMILES string of the molecule is CCN(CC(=O)NC(C)C)c1ccc(C#N)cc1N. The Morgan fingerprint density at radius 2 is 2.21 bits per heavy atom. The highest BCUT2D eigenvalue weighted by Crippen LogP contribution is 2.23. The van der Waals surface area contributed by atoms with Gasteiger partial charge < -0.3 is 16.0 Å². The van der Waals surface area contributed by atoms with Crippen molar-refractivity contribution in [2.24, 2.45) is 0 Å². The van der Waals surface area contributed by atoms with Gasteiger partial charge >= 0.3 is 0 Å². The van der Waals surface area contributed by atoms with Gasteiger partial charge in [0.1, 0.15) is 0 Å². The van der Waals surface area contributed by atoms with Gasteiger partial charge in [0.15, 0.2) is 0 Å². The number of carbonyl (C=O) groups is 1. The largest absolute Gasteiger partial charge is 0.397 e. The van der Waals surface area contributed by atoms with Crippen molar-refractivity contribution in [3.8, 4) is 6.07 Å². The van der Waals surface area contributed by atoms with Crippen LogP contribution in [-0.2, 0) is 4.79 Å². The second kappa shape index (κ2) is 6.64. The number of carbonyl (C=O) groups excluding carboxylic acids is 1. The molecule has 19 heavy (non-hydrogen) atoms. The van der Waals surface area contributed by atoms with E-state index in [9.17, 15) is 4.79 Å². The fourth-order valence-electron chi connectivity index (χ4n) is 1.82. The number of nitrogens with zero attached hydrogens (tertiary/aromatic N) is 2. The lowest BCUT2D eigenvalue weighted by Crippen LogP contribution is -2.40. The van der Waals surface area contributed by atoms with Gasteiger partial charge in [-0.1, -0.05) is 0 Å². The summed E-state index contributed by atoms with van der Waals surface area (Å²) in [5, 5.41) is 11.7. The van der Waals surface area contributed by atoms with Crippen molar-refractivity contribution in [1.29, 1.82) is 5.26 Å². The first-order chi connectivity index (χ1) is 8.97. The molecule has 0 heterocycles. The van der Waals surface area contributed by atoms with E-state index in [0.717, 1.165) is 5.69 Å². The van der Waals surface area contributed by atoms with Crippen LogP contribution in [0.5, 0.6) is 0 Å². The van der Waals surface area contributed by atoms with Gasteiger partial charge in [0.25, 0.3) is 0 Å². The van der Waals surface area contributed by atoms with Crippen LogP contribution < -0.4 is 16.0 Å². The first-order valence-corrected chi connectivity index (χ1v) is 6.31. The van der Waals surface area contributed by atoms with Crippen molar-refractivity contribution < 1.29 is 4.79 Å². The third kappa shape index (κ3) is 4.18. The van der Waals surface area contributed by atoms with Crippen LogP contribution in [0.15, 0.2) is 18.2 Å². The highest BCUT2D eigenvalue weighted by molar-refractivity contribution is 5.83. The van der Waals surface area contributed by atoms with Gasteiger partial charge in [-0.2, -0.15) is 5.26 Å². The number of anilines is 2. The fraction of sp³-hybridized carbons (Fsp3) is 0.429. The number of hydrogen-bond acceptors (Lipinski definition) is 4. The summed E-state index contributed by atoms with van der Waals surface area (Å²) in [4.78, 5) is 13.7. The van der Waals surface area contributed by atoms with Crippen molar-refractivity contribution in [1.82, 2.24) is 5.32 Å². The molecule has 0 radical (unpaired) electrons. The molecule has 0 atom stereocenters. The van der Waals surface area contributed by atoms with Gasteiger partial charge in [-0.15, -0.1) is 0 Å². The molecule has 3 N–H and O–H groups in total. The molecule has 102 valence electrons. The van der Waals surface area contributed by atoms with Crippen LogP contribution in [-0.4, -0.2) is 25.0 Å². The number of hydrogen-bond donors (Lipinski definition) is 2. The summed E-state index contributed by atoms with van der Waals surface area (Å²) in [5.41, 5.74) is 7.73. The summed E-state index contributed by atoms with van der Waals surface area (Å²) in [7, 11) is 0. The van der Waals surface area contributed by atoms with Crippen LogP contribution in [0.3, 0.4) is 0 Å². The number of amides is 1. The number of nitriles is 1. The Bertz CT molecular complexity index is 491. The molecule has 0 unspecified atom stereocenters. The van der Waals surface area contributed by atoms with Gasteiger partial charge in [-0.05, 0) is 39.0 Å². The molecule has 1 rings (SSSR count). The molecular weight excluding hydrogens is 240 g/mol. The normalized spacial score (nSPS) is 10.1. The third-order valence-corrected chi connectivity index (χ3v) is 2.66. The fourth-order valence-corrected chi connectivity index (χ4v) is 1.82. The molecule has 5 heteroatoms. The maximum atomic E-state index is 11.8. The van der Waals surface area contributed by atoms with Crippen LogP contribution in [0.1, 0.15) is 26.3 Å². The summed E-state index contributed by atoms with van der Waals surface area (Å²) in [5.74, 6) is -0.0411. The van der Waals surface area contributed by atoms with Crippen molar-refractivity contribution in [3.05, 3.63) is 23.8 Å². The number of likely N-dealkylation sites (N-methyl/N-ethyl adjacent to an activating group) is 1. The standard InChI is InChI=1S/C14H20N4O/c1-4-18(9-14(19)17-10(2)3)13-6-5-11(8-15)7-12(13)16/h5-7,10H,4,9,16H2,1-3H3,(H,17,19). The second-order valence-corrected chi connectivity index (χ2v) is 4.62. The van der Waals surface area contributed by atoms with Gasteiger partial charge in [-0.25, -0.2) is 0 Å². The molecule has 0 bridgehead atoms. The van der Waals surface area contributed by atoms with E-state index < -0.39 is 0 Å². The minimum Gasteiger partial charge on any atom is -0.397 e. The van der Waals surface area contributed by atoms with E-state index in [0.29, 0.717) is 17.8 Å². The smallest absolute Gasteiger partial charge is 0.239 e. The quantitative estimate of drug-likeness (QED) is 0.786. The summed E-state index contributed by atoms with van der Waals surface area (Å²) < 4.78 is 0. The van der Waals surface area contributed by atoms with Crippen molar-refractivity contribution >= 4 is 17.3 Å². The van der Waals surface area contributed by atoms with Crippen LogP contribution in [0.2, 0.25) is 0 Å². The Morgan fingerprint density at radius 1 is 1.53 bits per heavy atom. The average Bonchev–Trinajstić information content (AvgIpc) is 2.35. The maximum Gasteiger partial charge on any atom is 0.239 e. The third-order valence-electron chi connectivity index (χ3n) is 2.66. The summed E-state index contributed by atoms with van der Waals surface area (Å²) in [6.07, 6.45) is 0. The lowest BCUT2D eigenvalue weighted by Gasteiger charge is -2.24. The van der Waals surface area contributed by atoms with Crippen molar-refractivity contribution in [2.75, 3.05) is 23.7 Å². The molecule has 0 saturated heterocycles. The highest BCUT2D eigenvalue weighted by Gasteiger charge is 2.13. The predicted molar refractivity (Wildman–Crippen MR) is 76.7 cm³/mol. The first kappa shape index (κ1) is 14.8. The Hall–Kier alpha value is -2.22. The predicted octanol–water partition coefficient (Wildman–Crippen LogP) is 1.49. The number of nitrogens with two attached hydrogens (primary N) is 1. The van der Waals surface area contributed by atoms with E-state index in [1.807, 2.05) is 31.7 Å². The molecule has 0 fully saturated rings. The lowest BCUT2D eigenvalue weighted by molar-refractivity contribution is -0.120. The molecule has 0 aromatic heterocycles. The molecule has 1 aromatic carbocycles. The van der Waals surface area contributed by atoms with Crippen LogP contribution in [0.25, 0.3) is 0 Å². The highest BCUT2D eigenvalue weighted by atomic mass is 16.2. The lowest BCUT2D eigenvalue weighted by atomic mass is 10.1. The number of nitrogen functional groups attached to an aromatic ring is 1. The zero-order valence-electron chi connectivity index (χ0n) is 11.6. The Morgan fingerprint density at radius 3 is 2.68 bits per heavy atom. The Balaban J connectivity index is 2.86. The van der Waals surface area contributed by atoms with E-state index in [4.69, 9.17) is 11.0 Å². The topological polar surface area (TPSA) is 82.2 Å². The van der Waals surface area contributed by atoms with Gasteiger partial charge in [0.2, 0.25) is 5.91 Å². The summed E-state index contributed by atoms with van der Waals surface area (Å²) >= 11 is 0. The van der Waals surface area contributed by atoms with Gasteiger partial charge in [0, 0.05) is 12.6 Å². The molecule has 1 aromatic rings. The number of rotatable bonds is 5. The molecule has 0 saturated carbocycles. The Kier molecular flexibility index (Phi) is 5.19. The van der Waals surface area contributed by atoms with Crippen molar-refractivity contribution in [3.63, 3.8) is 0 Å². The van der Waals surface area contributed by atoms with E-state index in [1.54, 1.807) is 18.2 Å². The molecule has 0 aliphatic rings. The minimum atomic E-state index is -0.0411. The summed E-state index contributed by atoms with van der Waals surface area (Å²) in [6, 6.07) is 7.26. The monoisotopic (exact) mass is 260 g/mol. The molecule has 0 spiro atoms. The Labute approximate surface area is 114 Å². The number of benzene rings is 1. The van der Waals surface area contributed by atoms with Crippen LogP contribution in [0.4, 0.5) is 11.4 Å². The number of nitrogens with one attached hydrogen (secondary N) is 1.